The number of nitrogens with one attached hydrogen (secondary N) is 2. The Bertz CT molecular complexity index is 1020. The van der Waals surface area contributed by atoms with Gasteiger partial charge in [0.15, 0.2) is 10.0 Å². The third kappa shape index (κ3) is 4.54. The lowest BCUT2D eigenvalue weighted by atomic mass is 10.3. The van der Waals surface area contributed by atoms with Crippen LogP contribution in [0.4, 0.5) is 15.2 Å². The van der Waals surface area contributed by atoms with E-state index in [0.29, 0.717) is 10.3 Å². The molecule has 3 aromatic rings. The molecule has 1 fully saturated rings. The van der Waals surface area contributed by atoms with E-state index in [1.54, 1.807) is 18.2 Å². The molecule has 0 spiro atoms. The third-order valence-electron chi connectivity index (χ3n) is 3.84. The lowest BCUT2D eigenvalue weighted by molar-refractivity contribution is -0.113. The van der Waals surface area contributed by atoms with E-state index < -0.39 is 11.7 Å². The van der Waals surface area contributed by atoms with Gasteiger partial charge in [-0.05, 0) is 25.0 Å². The standard InChI is InChI=1S/C17H14FN5O3S2/c18-10-3-1-2-4-11(10)19-14(24)8-27-17-22-21-16(28-17)20-15(25)12-7-13(26-23-12)9-5-6-9/h1-4,7,9H,5-6,8H2,(H,19,24)(H,20,21,25). The van der Waals surface area contributed by atoms with Crippen LogP contribution >= 0.6 is 23.1 Å². The number of thioether (sulfide) groups is 1. The van der Waals surface area contributed by atoms with E-state index in [2.05, 4.69) is 26.0 Å². The van der Waals surface area contributed by atoms with Gasteiger partial charge in [0.25, 0.3) is 5.91 Å². The van der Waals surface area contributed by atoms with Crippen LogP contribution in [0.2, 0.25) is 0 Å². The lowest BCUT2D eigenvalue weighted by Crippen LogP contribution is -2.14. The maximum atomic E-state index is 13.5. The number of para-hydroxylation sites is 1. The Labute approximate surface area is 166 Å². The molecule has 0 aliphatic heterocycles. The number of nitrogens with zero attached hydrogens (tertiary/aromatic N) is 3. The van der Waals surface area contributed by atoms with Gasteiger partial charge in [0.1, 0.15) is 11.6 Å². The molecule has 11 heteroatoms. The van der Waals surface area contributed by atoms with Gasteiger partial charge in [0.05, 0.1) is 11.4 Å². The van der Waals surface area contributed by atoms with E-state index in [-0.39, 0.29) is 28.2 Å². The average Bonchev–Trinajstić information content (AvgIpc) is 3.24. The molecule has 1 saturated carbocycles. The van der Waals surface area contributed by atoms with Crippen molar-refractivity contribution < 1.29 is 18.5 Å². The van der Waals surface area contributed by atoms with Crippen LogP contribution in [0, 0.1) is 5.82 Å². The Morgan fingerprint density at radius 2 is 2.07 bits per heavy atom. The lowest BCUT2D eigenvalue weighted by Gasteiger charge is -2.04. The van der Waals surface area contributed by atoms with Gasteiger partial charge in [-0.1, -0.05) is 40.4 Å². The van der Waals surface area contributed by atoms with Crippen molar-refractivity contribution in [2.24, 2.45) is 0 Å². The summed E-state index contributed by atoms with van der Waals surface area (Å²) in [4.78, 5) is 24.1. The summed E-state index contributed by atoms with van der Waals surface area (Å²) in [7, 11) is 0. The molecule has 144 valence electrons. The predicted octanol–water partition coefficient (Wildman–Crippen LogP) is 3.53. The van der Waals surface area contributed by atoms with E-state index >= 15 is 0 Å². The smallest absolute Gasteiger partial charge is 0.279 e. The van der Waals surface area contributed by atoms with Gasteiger partial charge >= 0.3 is 0 Å². The first kappa shape index (κ1) is 18.6. The van der Waals surface area contributed by atoms with Gasteiger partial charge in [0, 0.05) is 12.0 Å². The van der Waals surface area contributed by atoms with Crippen molar-refractivity contribution in [3.63, 3.8) is 0 Å². The number of hydrogen-bond acceptors (Lipinski definition) is 8. The largest absolute Gasteiger partial charge is 0.360 e. The zero-order valence-electron chi connectivity index (χ0n) is 14.3. The van der Waals surface area contributed by atoms with Crippen LogP contribution < -0.4 is 10.6 Å². The number of carbonyl (C=O) groups excluding carboxylic acids is 2. The van der Waals surface area contributed by atoms with E-state index in [4.69, 9.17) is 4.52 Å². The van der Waals surface area contributed by atoms with Gasteiger partial charge in [-0.3, -0.25) is 14.9 Å². The molecule has 2 heterocycles. The van der Waals surface area contributed by atoms with Gasteiger partial charge in [-0.15, -0.1) is 10.2 Å². The second-order valence-electron chi connectivity index (χ2n) is 6.03. The highest BCUT2D eigenvalue weighted by molar-refractivity contribution is 8.01. The molecular weight excluding hydrogens is 405 g/mol. The summed E-state index contributed by atoms with van der Waals surface area (Å²) in [6.07, 6.45) is 2.11. The number of carbonyl (C=O) groups is 2. The summed E-state index contributed by atoms with van der Waals surface area (Å²) in [6.45, 7) is 0. The highest BCUT2D eigenvalue weighted by Gasteiger charge is 2.29. The topological polar surface area (TPSA) is 110 Å². The number of amides is 2. The number of rotatable bonds is 7. The maximum Gasteiger partial charge on any atom is 0.279 e. The Morgan fingerprint density at radius 3 is 2.86 bits per heavy atom. The fourth-order valence-corrected chi connectivity index (χ4v) is 3.86. The zero-order chi connectivity index (χ0) is 19.5. The summed E-state index contributed by atoms with van der Waals surface area (Å²) in [5, 5.41) is 17.0. The molecule has 8 nitrogen and oxygen atoms in total. The Morgan fingerprint density at radius 1 is 1.25 bits per heavy atom. The second kappa shape index (κ2) is 8.07. The summed E-state index contributed by atoms with van der Waals surface area (Å²) in [5.74, 6) is -0.176. The Hall–Kier alpha value is -2.79. The van der Waals surface area contributed by atoms with Crippen LogP contribution in [0.3, 0.4) is 0 Å². The number of benzene rings is 1. The van der Waals surface area contributed by atoms with Crippen molar-refractivity contribution in [3.8, 4) is 0 Å². The first-order valence-corrected chi connectivity index (χ1v) is 10.2. The number of anilines is 2. The second-order valence-corrected chi connectivity index (χ2v) is 8.23. The van der Waals surface area contributed by atoms with Crippen molar-refractivity contribution in [3.05, 3.63) is 47.6 Å². The molecule has 1 aliphatic rings. The number of aromatic nitrogens is 3. The molecule has 0 atom stereocenters. The predicted molar refractivity (Wildman–Crippen MR) is 102 cm³/mol. The van der Waals surface area contributed by atoms with Gasteiger partial charge in [-0.2, -0.15) is 0 Å². The number of halogens is 1. The van der Waals surface area contributed by atoms with Gasteiger partial charge in [0.2, 0.25) is 11.0 Å². The highest BCUT2D eigenvalue weighted by atomic mass is 32.2. The molecule has 0 bridgehead atoms. The van der Waals surface area contributed by atoms with Crippen molar-refractivity contribution in [1.82, 2.24) is 15.4 Å². The molecule has 0 radical (unpaired) electrons. The van der Waals surface area contributed by atoms with Crippen LogP contribution in [0.25, 0.3) is 0 Å². The summed E-state index contributed by atoms with van der Waals surface area (Å²) >= 11 is 2.27. The summed E-state index contributed by atoms with van der Waals surface area (Å²) < 4.78 is 19.2. The van der Waals surface area contributed by atoms with Crippen molar-refractivity contribution in [2.75, 3.05) is 16.4 Å². The SMILES string of the molecule is O=C(CSc1nnc(NC(=O)c2cc(C3CC3)on2)s1)Nc1ccccc1F. The summed E-state index contributed by atoms with van der Waals surface area (Å²) in [6, 6.07) is 7.56. The van der Waals surface area contributed by atoms with E-state index in [1.807, 2.05) is 0 Å². The third-order valence-corrected chi connectivity index (χ3v) is 5.81. The van der Waals surface area contributed by atoms with Gasteiger partial charge < -0.3 is 9.84 Å². The van der Waals surface area contributed by atoms with E-state index in [1.165, 1.54) is 12.1 Å². The zero-order valence-corrected chi connectivity index (χ0v) is 16.0. The molecule has 1 aliphatic carbocycles. The van der Waals surface area contributed by atoms with E-state index in [0.717, 1.165) is 41.7 Å². The van der Waals surface area contributed by atoms with Crippen LogP contribution in [0.15, 0.2) is 39.2 Å². The fourth-order valence-electron chi connectivity index (χ4n) is 2.31. The monoisotopic (exact) mass is 419 g/mol. The van der Waals surface area contributed by atoms with E-state index in [9.17, 15) is 14.0 Å². The molecule has 2 aromatic heterocycles. The quantitative estimate of drug-likeness (QED) is 0.445. The maximum absolute atomic E-state index is 13.5. The molecule has 4 rings (SSSR count). The minimum atomic E-state index is -0.500. The Balaban J connectivity index is 1.28. The minimum absolute atomic E-state index is 0.0327. The molecule has 0 unspecified atom stereocenters. The van der Waals surface area contributed by atoms with Crippen molar-refractivity contribution in [1.29, 1.82) is 0 Å². The first-order valence-electron chi connectivity index (χ1n) is 8.37. The average molecular weight is 419 g/mol. The minimum Gasteiger partial charge on any atom is -0.360 e. The Kier molecular flexibility index (Phi) is 5.35. The molecular formula is C17H14FN5O3S2. The molecule has 2 N–H and O–H groups in total. The fraction of sp³-hybridized carbons (Fsp3) is 0.235. The van der Waals surface area contributed by atoms with Crippen LogP contribution in [-0.2, 0) is 4.79 Å². The number of hydrogen-bond donors (Lipinski definition) is 2. The molecule has 2 amide bonds. The van der Waals surface area contributed by atoms with Crippen LogP contribution in [0.1, 0.15) is 35.0 Å². The molecule has 28 heavy (non-hydrogen) atoms. The first-order chi connectivity index (χ1) is 13.6. The van der Waals surface area contributed by atoms with Crippen LogP contribution in [-0.4, -0.2) is 32.9 Å². The molecule has 1 aromatic carbocycles. The molecule has 0 saturated heterocycles. The van der Waals surface area contributed by atoms with Crippen molar-refractivity contribution in [2.45, 2.75) is 23.1 Å². The highest BCUT2D eigenvalue weighted by Crippen LogP contribution is 2.40. The summed E-state index contributed by atoms with van der Waals surface area (Å²) in [5.41, 5.74) is 0.312. The van der Waals surface area contributed by atoms with Gasteiger partial charge in [-0.25, -0.2) is 4.39 Å². The van der Waals surface area contributed by atoms with Crippen molar-refractivity contribution >= 4 is 45.7 Å². The van der Waals surface area contributed by atoms with Crippen LogP contribution in [0.5, 0.6) is 0 Å². The normalized spacial score (nSPS) is 13.3.